The number of nitrogens with zero attached hydrogens (tertiary/aromatic N) is 2. The molecule has 1 N–H and O–H groups in total. The van der Waals surface area contributed by atoms with Crippen molar-refractivity contribution >= 4 is 23.2 Å². The van der Waals surface area contributed by atoms with Crippen molar-refractivity contribution in [3.63, 3.8) is 0 Å². The molecule has 0 aliphatic carbocycles. The number of thiazole rings is 1. The van der Waals surface area contributed by atoms with E-state index in [-0.39, 0.29) is 17.9 Å². The summed E-state index contributed by atoms with van der Waals surface area (Å²) in [6.07, 6.45) is 2.14. The molecule has 2 aromatic carbocycles. The van der Waals surface area contributed by atoms with Gasteiger partial charge in [-0.25, -0.2) is 0 Å². The third kappa shape index (κ3) is 5.85. The second-order valence-electron chi connectivity index (χ2n) is 8.64. The summed E-state index contributed by atoms with van der Waals surface area (Å²) in [5.74, 6) is 0.563. The van der Waals surface area contributed by atoms with E-state index < -0.39 is 0 Å². The first-order valence-electron chi connectivity index (χ1n) is 11.9. The zero-order valence-corrected chi connectivity index (χ0v) is 21.8. The van der Waals surface area contributed by atoms with Crippen LogP contribution >= 0.6 is 11.3 Å². The third-order valence-electron chi connectivity index (χ3n) is 6.29. The van der Waals surface area contributed by atoms with Crippen molar-refractivity contribution < 1.29 is 23.8 Å². The Kier molecular flexibility index (Phi) is 8.22. The normalized spacial score (nSPS) is 15.7. The molecular weight excluding hydrogens is 478 g/mol. The van der Waals surface area contributed by atoms with Gasteiger partial charge in [-0.1, -0.05) is 12.1 Å². The summed E-state index contributed by atoms with van der Waals surface area (Å²) in [5.41, 5.74) is 3.07. The lowest BCUT2D eigenvalue weighted by Crippen LogP contribution is -2.31. The van der Waals surface area contributed by atoms with Gasteiger partial charge in [0.15, 0.2) is 16.3 Å². The maximum atomic E-state index is 13.0. The molecule has 1 aliphatic rings. The minimum atomic E-state index is -0.357. The molecular formula is C27H31N3O5S. The molecule has 9 heteroatoms. The number of carbonyl (C=O) groups excluding carboxylic acids is 2. The second kappa shape index (κ2) is 11.5. The summed E-state index contributed by atoms with van der Waals surface area (Å²) in [6, 6.07) is 12.5. The number of nitrogens with one attached hydrogen (secondary N) is 1. The number of carbonyl (C=O) groups is 2. The molecule has 36 heavy (non-hydrogen) atoms. The predicted molar refractivity (Wildman–Crippen MR) is 138 cm³/mol. The second-order valence-corrected chi connectivity index (χ2v) is 9.82. The Hall–Kier alpha value is -3.43. The summed E-state index contributed by atoms with van der Waals surface area (Å²) in [4.78, 5) is 31.6. The highest BCUT2D eigenvalue weighted by Crippen LogP contribution is 2.27. The van der Waals surface area contributed by atoms with Crippen molar-refractivity contribution in [2.75, 3.05) is 27.4 Å². The van der Waals surface area contributed by atoms with Crippen molar-refractivity contribution in [3.8, 4) is 11.5 Å². The highest BCUT2D eigenvalue weighted by molar-refractivity contribution is 7.09. The average molecular weight is 510 g/mol. The number of methoxy groups -OCH3 is 2. The first kappa shape index (κ1) is 25.7. The Morgan fingerprint density at radius 2 is 1.81 bits per heavy atom. The number of hydrogen-bond donors (Lipinski definition) is 1. The average Bonchev–Trinajstić information content (AvgIpc) is 3.51. The minimum absolute atomic E-state index is 0.108. The van der Waals surface area contributed by atoms with E-state index in [0.717, 1.165) is 35.6 Å². The Morgan fingerprint density at radius 3 is 2.47 bits per heavy atom. The van der Waals surface area contributed by atoms with Crippen LogP contribution in [0.25, 0.3) is 0 Å². The lowest BCUT2D eigenvalue weighted by Gasteiger charge is -2.11. The Labute approximate surface area is 214 Å². The first-order valence-corrected chi connectivity index (χ1v) is 12.7. The number of hydrogen-bond acceptors (Lipinski definition) is 6. The molecule has 8 nitrogen and oxygen atoms in total. The fourth-order valence-electron chi connectivity index (χ4n) is 4.05. The zero-order chi connectivity index (χ0) is 25.7. The van der Waals surface area contributed by atoms with E-state index in [0.29, 0.717) is 40.5 Å². The summed E-state index contributed by atoms with van der Waals surface area (Å²) < 4.78 is 18.2. The van der Waals surface area contributed by atoms with Crippen LogP contribution in [0.2, 0.25) is 0 Å². The van der Waals surface area contributed by atoms with Gasteiger partial charge in [-0.2, -0.15) is 4.99 Å². The van der Waals surface area contributed by atoms with Crippen molar-refractivity contribution in [2.45, 2.75) is 39.3 Å². The number of rotatable bonds is 8. The monoisotopic (exact) mass is 509 g/mol. The van der Waals surface area contributed by atoms with Gasteiger partial charge in [0.05, 0.1) is 26.9 Å². The van der Waals surface area contributed by atoms with Crippen molar-refractivity contribution in [1.82, 2.24) is 9.88 Å². The number of ether oxygens (including phenoxy) is 3. The van der Waals surface area contributed by atoms with Gasteiger partial charge in [-0.05, 0) is 62.6 Å². The summed E-state index contributed by atoms with van der Waals surface area (Å²) in [5, 5.41) is 2.95. The lowest BCUT2D eigenvalue weighted by molar-refractivity contribution is 0.0857. The number of aryl methyl sites for hydroxylation is 1. The minimum Gasteiger partial charge on any atom is -0.493 e. The van der Waals surface area contributed by atoms with Gasteiger partial charge in [0, 0.05) is 34.8 Å². The van der Waals surface area contributed by atoms with E-state index in [1.807, 2.05) is 42.7 Å². The van der Waals surface area contributed by atoms with Gasteiger partial charge < -0.3 is 24.1 Å². The summed E-state index contributed by atoms with van der Waals surface area (Å²) in [7, 11) is 3.08. The van der Waals surface area contributed by atoms with Gasteiger partial charge in [-0.15, -0.1) is 11.3 Å². The van der Waals surface area contributed by atoms with Gasteiger partial charge in [0.2, 0.25) is 0 Å². The summed E-state index contributed by atoms with van der Waals surface area (Å²) in [6.45, 7) is 5.86. The van der Waals surface area contributed by atoms with E-state index in [1.165, 1.54) is 18.4 Å². The smallest absolute Gasteiger partial charge is 0.279 e. The van der Waals surface area contributed by atoms with Crippen molar-refractivity contribution in [2.24, 2.45) is 4.99 Å². The molecule has 1 atom stereocenters. The van der Waals surface area contributed by atoms with Crippen LogP contribution in [0.5, 0.6) is 11.5 Å². The highest BCUT2D eigenvalue weighted by Gasteiger charge is 2.17. The Balaban J connectivity index is 1.51. The maximum Gasteiger partial charge on any atom is 0.279 e. The Morgan fingerprint density at radius 1 is 1.08 bits per heavy atom. The van der Waals surface area contributed by atoms with Crippen LogP contribution in [0.4, 0.5) is 0 Å². The zero-order valence-electron chi connectivity index (χ0n) is 21.0. The molecule has 0 saturated carbocycles. The first-order chi connectivity index (χ1) is 17.4. The lowest BCUT2D eigenvalue weighted by atomic mass is 10.1. The van der Waals surface area contributed by atoms with Crippen LogP contribution in [-0.4, -0.2) is 49.9 Å². The van der Waals surface area contributed by atoms with Crippen LogP contribution in [0.3, 0.4) is 0 Å². The molecule has 2 amide bonds. The molecule has 1 unspecified atom stereocenters. The largest absolute Gasteiger partial charge is 0.493 e. The van der Waals surface area contributed by atoms with Gasteiger partial charge in [0.1, 0.15) is 0 Å². The quantitative estimate of drug-likeness (QED) is 0.498. The number of benzene rings is 2. The molecule has 1 saturated heterocycles. The van der Waals surface area contributed by atoms with Crippen LogP contribution in [0, 0.1) is 13.8 Å². The molecule has 1 aliphatic heterocycles. The summed E-state index contributed by atoms with van der Waals surface area (Å²) >= 11 is 1.47. The molecule has 4 rings (SSSR count). The molecule has 1 aromatic heterocycles. The molecule has 0 bridgehead atoms. The molecule has 190 valence electrons. The fourth-order valence-corrected chi connectivity index (χ4v) is 5.02. The standard InChI is InChI=1S/C27H31N3O5S/c1-17-18(2)36-27(29-26(32)21-11-12-23(33-3)24(14-21)34-4)30(17)16-19-7-9-20(10-8-19)25(31)28-15-22-6-5-13-35-22/h7-12,14,22H,5-6,13,15-16H2,1-4H3,(H,28,31). The molecule has 2 heterocycles. The molecule has 0 spiro atoms. The van der Waals surface area contributed by atoms with Crippen LogP contribution < -0.4 is 19.6 Å². The van der Waals surface area contributed by atoms with Crippen LogP contribution in [0.1, 0.15) is 49.7 Å². The molecule has 0 radical (unpaired) electrons. The number of amides is 2. The van der Waals surface area contributed by atoms with Crippen LogP contribution in [-0.2, 0) is 11.3 Å². The third-order valence-corrected chi connectivity index (χ3v) is 7.38. The molecule has 3 aromatic rings. The fraction of sp³-hybridized carbons (Fsp3) is 0.370. The number of aromatic nitrogens is 1. The Bertz CT molecular complexity index is 1300. The van der Waals surface area contributed by atoms with E-state index in [2.05, 4.69) is 10.3 Å². The van der Waals surface area contributed by atoms with Crippen molar-refractivity contribution in [1.29, 1.82) is 0 Å². The van der Waals surface area contributed by atoms with E-state index in [4.69, 9.17) is 14.2 Å². The van der Waals surface area contributed by atoms with Gasteiger partial charge >= 0.3 is 0 Å². The van der Waals surface area contributed by atoms with Gasteiger partial charge in [-0.3, -0.25) is 9.59 Å². The van der Waals surface area contributed by atoms with E-state index in [1.54, 1.807) is 25.3 Å². The molecule has 1 fully saturated rings. The maximum absolute atomic E-state index is 13.0. The van der Waals surface area contributed by atoms with E-state index in [9.17, 15) is 9.59 Å². The highest BCUT2D eigenvalue weighted by atomic mass is 32.1. The SMILES string of the molecule is COc1ccc(C(=O)N=c2sc(C)c(C)n2Cc2ccc(C(=O)NCC3CCCO3)cc2)cc1OC. The van der Waals surface area contributed by atoms with Crippen LogP contribution in [0.15, 0.2) is 47.5 Å². The van der Waals surface area contributed by atoms with Crippen molar-refractivity contribution in [3.05, 3.63) is 74.5 Å². The van der Waals surface area contributed by atoms with E-state index >= 15 is 0 Å². The predicted octanol–water partition coefficient (Wildman–Crippen LogP) is 3.88. The van der Waals surface area contributed by atoms with Gasteiger partial charge in [0.25, 0.3) is 11.8 Å². The topological polar surface area (TPSA) is 91.2 Å².